The lowest BCUT2D eigenvalue weighted by Crippen LogP contribution is -2.05. The van der Waals surface area contributed by atoms with Gasteiger partial charge in [-0.1, -0.05) is 34.8 Å². The number of halogens is 3. The molecule has 100 valence electrons. The number of aromatic nitrogens is 2. The lowest BCUT2D eigenvalue weighted by atomic mass is 10.3. The first-order valence-corrected chi connectivity index (χ1v) is 6.38. The maximum absolute atomic E-state index is 11.5. The van der Waals surface area contributed by atoms with Crippen molar-refractivity contribution in [1.82, 2.24) is 9.78 Å². The fourth-order valence-corrected chi connectivity index (χ4v) is 2.28. The second kappa shape index (κ2) is 5.41. The van der Waals surface area contributed by atoms with Crippen LogP contribution < -0.4 is 0 Å². The number of benzene rings is 1. The van der Waals surface area contributed by atoms with E-state index in [0.717, 1.165) is 0 Å². The van der Waals surface area contributed by atoms with Crippen LogP contribution in [0.15, 0.2) is 18.2 Å². The van der Waals surface area contributed by atoms with Gasteiger partial charge in [0.05, 0.1) is 28.5 Å². The molecule has 19 heavy (non-hydrogen) atoms. The molecular formula is C12H9Cl3N2O2. The van der Waals surface area contributed by atoms with Gasteiger partial charge in [-0.25, -0.2) is 9.48 Å². The van der Waals surface area contributed by atoms with E-state index in [1.54, 1.807) is 25.1 Å². The molecule has 1 heterocycles. The molecule has 0 saturated carbocycles. The molecule has 0 saturated heterocycles. The average molecular weight is 320 g/mol. The third kappa shape index (κ3) is 2.56. The Morgan fingerprint density at radius 3 is 2.58 bits per heavy atom. The number of rotatable bonds is 2. The molecule has 0 bridgehead atoms. The summed E-state index contributed by atoms with van der Waals surface area (Å²) in [6.07, 6.45) is 0. The monoisotopic (exact) mass is 318 g/mol. The predicted octanol–water partition coefficient (Wildman–Crippen LogP) is 3.93. The third-order valence-corrected chi connectivity index (χ3v) is 3.55. The number of carbonyl (C=O) groups excluding carboxylic acids is 1. The van der Waals surface area contributed by atoms with Gasteiger partial charge < -0.3 is 4.74 Å². The molecule has 0 aliphatic heterocycles. The Balaban J connectivity index is 2.60. The molecule has 0 aliphatic rings. The average Bonchev–Trinajstić information content (AvgIpc) is 2.66. The Bertz CT molecular complexity index is 653. The Morgan fingerprint density at radius 1 is 1.32 bits per heavy atom. The van der Waals surface area contributed by atoms with Gasteiger partial charge >= 0.3 is 5.97 Å². The van der Waals surface area contributed by atoms with Crippen LogP contribution in [0.5, 0.6) is 0 Å². The molecule has 7 heteroatoms. The number of esters is 1. The number of ether oxygens (including phenoxy) is 1. The van der Waals surface area contributed by atoms with Gasteiger partial charge in [0.2, 0.25) is 0 Å². The molecule has 0 amide bonds. The number of nitrogens with zero attached hydrogens (tertiary/aromatic N) is 2. The zero-order chi connectivity index (χ0) is 14.2. The molecule has 0 aliphatic carbocycles. The molecule has 0 spiro atoms. The van der Waals surface area contributed by atoms with E-state index in [1.807, 2.05) is 0 Å². The standard InChI is InChI=1S/C12H9Cl3N2O2/c1-6-10(15)11(12(18)19-2)16-17(6)9-4-3-7(13)5-8(9)14/h3-5H,1-2H3. The maximum Gasteiger partial charge on any atom is 0.360 e. The summed E-state index contributed by atoms with van der Waals surface area (Å²) in [6.45, 7) is 1.73. The van der Waals surface area contributed by atoms with Crippen LogP contribution in [0.1, 0.15) is 16.2 Å². The summed E-state index contributed by atoms with van der Waals surface area (Å²) < 4.78 is 6.10. The van der Waals surface area contributed by atoms with E-state index in [9.17, 15) is 4.79 Å². The van der Waals surface area contributed by atoms with Gasteiger partial charge in [-0.05, 0) is 25.1 Å². The molecule has 0 fully saturated rings. The highest BCUT2D eigenvalue weighted by Crippen LogP contribution is 2.29. The molecule has 0 atom stereocenters. The Hall–Kier alpha value is -1.23. The van der Waals surface area contributed by atoms with Crippen molar-refractivity contribution in [3.8, 4) is 5.69 Å². The topological polar surface area (TPSA) is 44.1 Å². The Labute approximate surface area is 124 Å². The lowest BCUT2D eigenvalue weighted by molar-refractivity contribution is 0.0593. The summed E-state index contributed by atoms with van der Waals surface area (Å²) in [5, 5.41) is 5.28. The highest BCUT2D eigenvalue weighted by Gasteiger charge is 2.21. The number of carbonyl (C=O) groups is 1. The summed E-state index contributed by atoms with van der Waals surface area (Å²) in [7, 11) is 1.27. The second-order valence-electron chi connectivity index (χ2n) is 3.75. The van der Waals surface area contributed by atoms with Crippen molar-refractivity contribution in [2.45, 2.75) is 6.92 Å². The van der Waals surface area contributed by atoms with Crippen molar-refractivity contribution in [2.24, 2.45) is 0 Å². The van der Waals surface area contributed by atoms with Gasteiger partial charge in [0.25, 0.3) is 0 Å². The van der Waals surface area contributed by atoms with E-state index in [0.29, 0.717) is 21.4 Å². The minimum atomic E-state index is -0.600. The first-order valence-electron chi connectivity index (χ1n) is 5.24. The van der Waals surface area contributed by atoms with Crippen LogP contribution in [-0.4, -0.2) is 22.9 Å². The van der Waals surface area contributed by atoms with Gasteiger partial charge in [0.1, 0.15) is 0 Å². The van der Waals surface area contributed by atoms with Gasteiger partial charge in [-0.15, -0.1) is 0 Å². The summed E-state index contributed by atoms with van der Waals surface area (Å²) in [5.41, 5.74) is 1.22. The quantitative estimate of drug-likeness (QED) is 0.788. The Kier molecular flexibility index (Phi) is 4.04. The van der Waals surface area contributed by atoms with Gasteiger partial charge in [0.15, 0.2) is 5.69 Å². The van der Waals surface area contributed by atoms with Crippen LogP contribution in [0, 0.1) is 6.92 Å². The maximum atomic E-state index is 11.5. The molecule has 1 aromatic carbocycles. The minimum Gasteiger partial charge on any atom is -0.464 e. The number of hydrogen-bond donors (Lipinski definition) is 0. The van der Waals surface area contributed by atoms with E-state index in [-0.39, 0.29) is 10.7 Å². The second-order valence-corrected chi connectivity index (χ2v) is 4.97. The summed E-state index contributed by atoms with van der Waals surface area (Å²) in [4.78, 5) is 11.5. The van der Waals surface area contributed by atoms with E-state index >= 15 is 0 Å². The SMILES string of the molecule is COC(=O)c1nn(-c2ccc(Cl)cc2Cl)c(C)c1Cl. The van der Waals surface area contributed by atoms with Crippen LogP contribution in [0.25, 0.3) is 5.69 Å². The summed E-state index contributed by atoms with van der Waals surface area (Å²) >= 11 is 18.0. The molecule has 0 radical (unpaired) electrons. The molecule has 2 rings (SSSR count). The van der Waals surface area contributed by atoms with Crippen LogP contribution in [0.2, 0.25) is 15.1 Å². The van der Waals surface area contributed by atoms with Gasteiger partial charge in [0, 0.05) is 5.02 Å². The van der Waals surface area contributed by atoms with Crippen LogP contribution in [0.3, 0.4) is 0 Å². The molecule has 1 aromatic heterocycles. The Morgan fingerprint density at radius 2 is 2.00 bits per heavy atom. The fourth-order valence-electron chi connectivity index (χ4n) is 1.60. The van der Waals surface area contributed by atoms with Crippen molar-refractivity contribution >= 4 is 40.8 Å². The van der Waals surface area contributed by atoms with Gasteiger partial charge in [-0.3, -0.25) is 0 Å². The third-order valence-electron chi connectivity index (χ3n) is 2.56. The van der Waals surface area contributed by atoms with Crippen molar-refractivity contribution in [3.63, 3.8) is 0 Å². The van der Waals surface area contributed by atoms with Crippen molar-refractivity contribution < 1.29 is 9.53 Å². The smallest absolute Gasteiger partial charge is 0.360 e. The van der Waals surface area contributed by atoms with Crippen molar-refractivity contribution in [1.29, 1.82) is 0 Å². The molecular weight excluding hydrogens is 311 g/mol. The van der Waals surface area contributed by atoms with Gasteiger partial charge in [-0.2, -0.15) is 5.10 Å². The molecule has 4 nitrogen and oxygen atoms in total. The van der Waals surface area contributed by atoms with E-state index in [1.165, 1.54) is 11.8 Å². The minimum absolute atomic E-state index is 0.0488. The predicted molar refractivity (Wildman–Crippen MR) is 74.7 cm³/mol. The highest BCUT2D eigenvalue weighted by atomic mass is 35.5. The highest BCUT2D eigenvalue weighted by molar-refractivity contribution is 6.36. The largest absolute Gasteiger partial charge is 0.464 e. The van der Waals surface area contributed by atoms with Crippen LogP contribution in [-0.2, 0) is 4.74 Å². The molecule has 2 aromatic rings. The lowest BCUT2D eigenvalue weighted by Gasteiger charge is -2.06. The first kappa shape index (κ1) is 14.2. The molecule has 0 unspecified atom stereocenters. The fraction of sp³-hybridized carbons (Fsp3) is 0.167. The zero-order valence-corrected chi connectivity index (χ0v) is 12.3. The van der Waals surface area contributed by atoms with E-state index < -0.39 is 5.97 Å². The first-order chi connectivity index (χ1) is 8.95. The van der Waals surface area contributed by atoms with Crippen molar-refractivity contribution in [2.75, 3.05) is 7.11 Å². The normalized spacial score (nSPS) is 10.6. The molecule has 0 N–H and O–H groups in total. The van der Waals surface area contributed by atoms with E-state index in [2.05, 4.69) is 9.84 Å². The number of hydrogen-bond acceptors (Lipinski definition) is 3. The van der Waals surface area contributed by atoms with Crippen molar-refractivity contribution in [3.05, 3.63) is 44.7 Å². The zero-order valence-electron chi connectivity index (χ0n) is 10.1. The number of methoxy groups -OCH3 is 1. The van der Waals surface area contributed by atoms with Crippen LogP contribution in [0.4, 0.5) is 0 Å². The van der Waals surface area contributed by atoms with Crippen LogP contribution >= 0.6 is 34.8 Å². The summed E-state index contributed by atoms with van der Waals surface area (Å²) in [5.74, 6) is -0.600. The summed E-state index contributed by atoms with van der Waals surface area (Å²) in [6, 6.07) is 4.96. The van der Waals surface area contributed by atoms with E-state index in [4.69, 9.17) is 34.8 Å².